The van der Waals surface area contributed by atoms with E-state index in [-0.39, 0.29) is 39.5 Å². The predicted octanol–water partition coefficient (Wildman–Crippen LogP) is 6.44. The zero-order valence-electron chi connectivity index (χ0n) is 22.6. The van der Waals surface area contributed by atoms with Gasteiger partial charge in [0, 0.05) is 29.6 Å². The molecule has 0 spiro atoms. The van der Waals surface area contributed by atoms with Crippen LogP contribution in [-0.4, -0.2) is 30.3 Å². The number of aromatic nitrogens is 1. The van der Waals surface area contributed by atoms with Gasteiger partial charge in [0.15, 0.2) is 17.3 Å². The van der Waals surface area contributed by atoms with Crippen molar-refractivity contribution in [3.8, 4) is 17.6 Å². The maximum atomic E-state index is 13.4. The molecule has 4 rings (SSSR count). The molecule has 1 aliphatic heterocycles. The van der Waals surface area contributed by atoms with E-state index in [1.807, 2.05) is 0 Å². The second kappa shape index (κ2) is 11.9. The van der Waals surface area contributed by atoms with Crippen LogP contribution in [0.5, 0.6) is 11.5 Å². The van der Waals surface area contributed by atoms with Gasteiger partial charge in [-0.15, -0.1) is 0 Å². The monoisotopic (exact) mass is 655 g/mol. The third-order valence-corrected chi connectivity index (χ3v) is 9.15. The number of alkyl halides is 3. The molecular formula is C28H29BrF3N3O5S. The number of ether oxygens (including phenoxy) is 2. The fraction of sp³-hybridized carbons (Fsp3) is 0.429. The molecule has 1 aromatic carbocycles. The van der Waals surface area contributed by atoms with Crippen LogP contribution in [0.15, 0.2) is 57.5 Å². The number of Topliss-reactive ketones (excluding diaryl/α,β-unsaturated/α-hetero) is 1. The summed E-state index contributed by atoms with van der Waals surface area (Å²) in [5.74, 6) is -0.101. The number of carbonyl (C=O) groups is 1. The van der Waals surface area contributed by atoms with E-state index in [1.165, 1.54) is 12.1 Å². The molecule has 1 N–H and O–H groups in total. The fourth-order valence-electron chi connectivity index (χ4n) is 5.38. The van der Waals surface area contributed by atoms with Crippen molar-refractivity contribution in [1.29, 1.82) is 5.26 Å². The molecule has 2 atom stereocenters. The number of rotatable bonds is 9. The standard InChI is InChI=1S/C28H29BrF3N3O5S/c1-4-7-17-10-22-26(23(36)11-17)25(20(14-33)16(3)34-22)18-12-21(29)27(24(13-18)39-5-2)40-15-19-8-6-9-35(19)41(37,38)28(30,31)32/h6,8-9,12-13,17,25,34H,4-5,7,10-11,15H2,1-3H3. The number of ketones is 1. The first-order chi connectivity index (χ1) is 19.3. The minimum atomic E-state index is -5.64. The van der Waals surface area contributed by atoms with Crippen molar-refractivity contribution in [3.63, 3.8) is 0 Å². The van der Waals surface area contributed by atoms with Crippen molar-refractivity contribution in [2.75, 3.05) is 6.61 Å². The van der Waals surface area contributed by atoms with E-state index in [2.05, 4.69) is 34.2 Å². The van der Waals surface area contributed by atoms with Crippen LogP contribution in [0.25, 0.3) is 0 Å². The lowest BCUT2D eigenvalue weighted by Gasteiger charge is -2.35. The van der Waals surface area contributed by atoms with E-state index >= 15 is 0 Å². The minimum Gasteiger partial charge on any atom is -0.490 e. The quantitative estimate of drug-likeness (QED) is 0.331. The van der Waals surface area contributed by atoms with Gasteiger partial charge in [-0.05, 0) is 78.4 Å². The van der Waals surface area contributed by atoms with Gasteiger partial charge in [0.25, 0.3) is 0 Å². The van der Waals surface area contributed by atoms with Crippen LogP contribution < -0.4 is 14.8 Å². The Hall–Kier alpha value is -3.24. The summed E-state index contributed by atoms with van der Waals surface area (Å²) in [7, 11) is -5.64. The van der Waals surface area contributed by atoms with Crippen LogP contribution in [0.1, 0.15) is 63.6 Å². The molecule has 2 aliphatic rings. The second-order valence-corrected chi connectivity index (χ2v) is 12.5. The maximum Gasteiger partial charge on any atom is 0.517 e. The molecule has 13 heteroatoms. The zero-order valence-corrected chi connectivity index (χ0v) is 25.0. The molecule has 41 heavy (non-hydrogen) atoms. The predicted molar refractivity (Wildman–Crippen MR) is 148 cm³/mol. The molecule has 0 amide bonds. The number of halogens is 4. The number of allylic oxidation sites excluding steroid dienone is 4. The van der Waals surface area contributed by atoms with Crippen molar-refractivity contribution in [2.45, 2.75) is 64.5 Å². The molecule has 0 fully saturated rings. The van der Waals surface area contributed by atoms with Gasteiger partial charge >= 0.3 is 15.5 Å². The van der Waals surface area contributed by atoms with Gasteiger partial charge in [-0.1, -0.05) is 13.3 Å². The SMILES string of the molecule is CCCC1CC(=O)C2=C(C1)NC(C)=C(C#N)C2c1cc(Br)c(OCc2cccn2S(=O)(=O)C(F)(F)F)c(OCC)c1. The number of hydrogen-bond donors (Lipinski definition) is 1. The normalized spacial score (nSPS) is 19.5. The summed E-state index contributed by atoms with van der Waals surface area (Å²) in [4.78, 5) is 13.4. The number of nitriles is 1. The van der Waals surface area contributed by atoms with Crippen LogP contribution in [0.4, 0.5) is 13.2 Å². The van der Waals surface area contributed by atoms with Crippen LogP contribution in [0.3, 0.4) is 0 Å². The molecule has 0 saturated heterocycles. The van der Waals surface area contributed by atoms with Crippen LogP contribution in [-0.2, 0) is 21.4 Å². The number of benzene rings is 1. The number of nitrogens with zero attached hydrogens (tertiary/aromatic N) is 2. The lowest BCUT2D eigenvalue weighted by Crippen LogP contribution is -2.34. The van der Waals surface area contributed by atoms with Gasteiger partial charge in [-0.2, -0.15) is 26.9 Å². The summed E-state index contributed by atoms with van der Waals surface area (Å²) in [5.41, 5.74) is -2.73. The first-order valence-electron chi connectivity index (χ1n) is 13.0. The smallest absolute Gasteiger partial charge is 0.490 e. The summed E-state index contributed by atoms with van der Waals surface area (Å²) < 4.78 is 75.5. The molecular weight excluding hydrogens is 627 g/mol. The van der Waals surface area contributed by atoms with Gasteiger partial charge in [0.05, 0.1) is 34.3 Å². The largest absolute Gasteiger partial charge is 0.517 e. The topological polar surface area (TPSA) is 110 Å². The Balaban J connectivity index is 1.74. The lowest BCUT2D eigenvalue weighted by molar-refractivity contribution is -0.117. The molecule has 2 aromatic rings. The lowest BCUT2D eigenvalue weighted by atomic mass is 9.72. The van der Waals surface area contributed by atoms with E-state index < -0.39 is 28.1 Å². The molecule has 2 unspecified atom stereocenters. The highest BCUT2D eigenvalue weighted by molar-refractivity contribution is 9.10. The molecule has 1 aromatic heterocycles. The highest BCUT2D eigenvalue weighted by Gasteiger charge is 2.48. The molecule has 220 valence electrons. The van der Waals surface area contributed by atoms with Gasteiger partial charge in [-0.3, -0.25) is 4.79 Å². The number of nitrogens with one attached hydrogen (secondary N) is 1. The van der Waals surface area contributed by atoms with Crippen LogP contribution in [0, 0.1) is 17.2 Å². The van der Waals surface area contributed by atoms with E-state index in [9.17, 15) is 31.6 Å². The third kappa shape index (κ3) is 5.90. The first-order valence-corrected chi connectivity index (χ1v) is 15.3. The molecule has 0 saturated carbocycles. The van der Waals surface area contributed by atoms with Crippen LogP contribution >= 0.6 is 15.9 Å². The second-order valence-electron chi connectivity index (χ2n) is 9.88. The molecule has 8 nitrogen and oxygen atoms in total. The summed E-state index contributed by atoms with van der Waals surface area (Å²) in [6.07, 6.45) is 3.77. The van der Waals surface area contributed by atoms with E-state index in [1.54, 1.807) is 26.0 Å². The number of dihydropyridines is 1. The average molecular weight is 657 g/mol. The van der Waals surface area contributed by atoms with Crippen molar-refractivity contribution in [1.82, 2.24) is 9.29 Å². The molecule has 0 radical (unpaired) electrons. The third-order valence-electron chi connectivity index (χ3n) is 7.10. The van der Waals surface area contributed by atoms with E-state index in [4.69, 9.17) is 9.47 Å². The van der Waals surface area contributed by atoms with Crippen molar-refractivity contribution in [3.05, 3.63) is 68.7 Å². The summed E-state index contributed by atoms with van der Waals surface area (Å²) in [6, 6.07) is 7.96. The summed E-state index contributed by atoms with van der Waals surface area (Å²) in [6.45, 7) is 5.31. The Morgan fingerprint density at radius 1 is 1.22 bits per heavy atom. The number of hydrogen-bond acceptors (Lipinski definition) is 7. The van der Waals surface area contributed by atoms with Crippen LogP contribution in [0.2, 0.25) is 0 Å². The Morgan fingerprint density at radius 3 is 2.59 bits per heavy atom. The van der Waals surface area contributed by atoms with Crippen molar-refractivity contribution >= 4 is 31.7 Å². The zero-order chi connectivity index (χ0) is 30.1. The summed E-state index contributed by atoms with van der Waals surface area (Å²) in [5, 5.41) is 13.3. The van der Waals surface area contributed by atoms with Gasteiger partial charge in [0.2, 0.25) is 0 Å². The maximum absolute atomic E-state index is 13.4. The van der Waals surface area contributed by atoms with Gasteiger partial charge < -0.3 is 14.8 Å². The Kier molecular flexibility index (Phi) is 8.94. The molecule has 0 bridgehead atoms. The fourth-order valence-corrected chi connectivity index (χ4v) is 6.83. The summed E-state index contributed by atoms with van der Waals surface area (Å²) >= 11 is 3.45. The average Bonchev–Trinajstić information content (AvgIpc) is 3.36. The highest BCUT2D eigenvalue weighted by Crippen LogP contribution is 2.47. The first kappa shape index (κ1) is 30.7. The Morgan fingerprint density at radius 2 is 1.95 bits per heavy atom. The van der Waals surface area contributed by atoms with E-state index in [0.29, 0.717) is 39.7 Å². The van der Waals surface area contributed by atoms with E-state index in [0.717, 1.165) is 24.7 Å². The highest BCUT2D eigenvalue weighted by atomic mass is 79.9. The molecule has 2 heterocycles. The number of carbonyl (C=O) groups excluding carboxylic acids is 1. The van der Waals surface area contributed by atoms with Gasteiger partial charge in [-0.25, -0.2) is 3.97 Å². The van der Waals surface area contributed by atoms with Gasteiger partial charge in [0.1, 0.15) is 6.61 Å². The Labute approximate surface area is 245 Å². The minimum absolute atomic E-state index is 0.0245. The Bertz CT molecular complexity index is 1570. The van der Waals surface area contributed by atoms with Crippen molar-refractivity contribution in [2.24, 2.45) is 5.92 Å². The van der Waals surface area contributed by atoms with Crippen molar-refractivity contribution < 1.29 is 35.9 Å². The molecule has 1 aliphatic carbocycles.